The fraction of sp³-hybridized carbons (Fsp3) is 0.200. The summed E-state index contributed by atoms with van der Waals surface area (Å²) in [5.74, 6) is 1.72. The lowest BCUT2D eigenvalue weighted by Gasteiger charge is -2.11. The summed E-state index contributed by atoms with van der Waals surface area (Å²) in [6.07, 6.45) is 1.87. The van der Waals surface area contributed by atoms with Crippen molar-refractivity contribution in [3.8, 4) is 11.5 Å². The fourth-order valence-electron chi connectivity index (χ4n) is 2.69. The number of carbonyl (C=O) groups is 1. The first-order chi connectivity index (χ1) is 13.1. The molecule has 0 spiro atoms. The molecule has 0 unspecified atom stereocenters. The van der Waals surface area contributed by atoms with Crippen LogP contribution in [0.5, 0.6) is 11.5 Å². The number of hydrogen-bond donors (Lipinski definition) is 1. The molecule has 0 aliphatic rings. The lowest BCUT2D eigenvalue weighted by Crippen LogP contribution is -2.18. The van der Waals surface area contributed by atoms with E-state index < -0.39 is 0 Å². The van der Waals surface area contributed by atoms with Crippen LogP contribution in [0.15, 0.2) is 54.7 Å². The predicted octanol–water partition coefficient (Wildman–Crippen LogP) is 3.78. The van der Waals surface area contributed by atoms with Gasteiger partial charge in [-0.25, -0.2) is 4.68 Å². The summed E-state index contributed by atoms with van der Waals surface area (Å²) < 4.78 is 12.2. The quantitative estimate of drug-likeness (QED) is 0.672. The minimum atomic E-state index is -0.139. The standard InChI is InChI=1S/C20H20ClN3O3/c1-26-17-8-5-15(11-18(17)27-2)12-20(25)23-19-9-10-22-24(19)13-14-3-6-16(21)7-4-14/h3-11H,12-13H2,1-2H3,(H,23,25). The zero-order valence-corrected chi connectivity index (χ0v) is 15.9. The van der Waals surface area contributed by atoms with Gasteiger partial charge in [0.2, 0.25) is 5.91 Å². The first-order valence-electron chi connectivity index (χ1n) is 8.36. The number of aromatic nitrogens is 2. The van der Waals surface area contributed by atoms with Crippen molar-refractivity contribution in [1.29, 1.82) is 0 Å². The van der Waals surface area contributed by atoms with Gasteiger partial charge in [-0.15, -0.1) is 0 Å². The number of ether oxygens (including phenoxy) is 2. The molecule has 0 saturated heterocycles. The van der Waals surface area contributed by atoms with E-state index in [1.165, 1.54) is 0 Å². The molecule has 140 valence electrons. The maximum absolute atomic E-state index is 12.4. The summed E-state index contributed by atoms with van der Waals surface area (Å²) in [6.45, 7) is 0.538. The molecule has 27 heavy (non-hydrogen) atoms. The largest absolute Gasteiger partial charge is 0.493 e. The van der Waals surface area contributed by atoms with Crippen molar-refractivity contribution >= 4 is 23.3 Å². The van der Waals surface area contributed by atoms with Crippen LogP contribution in [-0.4, -0.2) is 29.9 Å². The molecule has 0 saturated carbocycles. The van der Waals surface area contributed by atoms with Gasteiger partial charge in [-0.2, -0.15) is 5.10 Å². The summed E-state index contributed by atoms with van der Waals surface area (Å²) >= 11 is 5.92. The molecule has 0 radical (unpaired) electrons. The maximum Gasteiger partial charge on any atom is 0.229 e. The highest BCUT2D eigenvalue weighted by Crippen LogP contribution is 2.27. The zero-order chi connectivity index (χ0) is 19.2. The molecule has 6 nitrogen and oxygen atoms in total. The zero-order valence-electron chi connectivity index (χ0n) is 15.1. The Morgan fingerprint density at radius 3 is 2.44 bits per heavy atom. The molecule has 0 bridgehead atoms. The van der Waals surface area contributed by atoms with E-state index in [0.29, 0.717) is 28.9 Å². The molecule has 0 atom stereocenters. The number of benzene rings is 2. The van der Waals surface area contributed by atoms with E-state index in [2.05, 4.69) is 10.4 Å². The van der Waals surface area contributed by atoms with E-state index in [0.717, 1.165) is 11.1 Å². The van der Waals surface area contributed by atoms with Crippen LogP contribution in [-0.2, 0) is 17.8 Å². The Hall–Kier alpha value is -2.99. The van der Waals surface area contributed by atoms with E-state index in [1.54, 1.807) is 43.3 Å². The van der Waals surface area contributed by atoms with E-state index in [-0.39, 0.29) is 12.3 Å². The van der Waals surface area contributed by atoms with Gasteiger partial charge in [-0.05, 0) is 35.4 Å². The SMILES string of the molecule is COc1ccc(CC(=O)Nc2ccnn2Cc2ccc(Cl)cc2)cc1OC. The van der Waals surface area contributed by atoms with Gasteiger partial charge in [0, 0.05) is 11.1 Å². The van der Waals surface area contributed by atoms with Gasteiger partial charge in [0.05, 0.1) is 33.4 Å². The van der Waals surface area contributed by atoms with Gasteiger partial charge < -0.3 is 14.8 Å². The molecule has 7 heteroatoms. The molecule has 2 aromatic carbocycles. The number of halogens is 1. The Morgan fingerprint density at radius 1 is 1.04 bits per heavy atom. The Balaban J connectivity index is 1.66. The third-order valence-corrected chi connectivity index (χ3v) is 4.29. The number of rotatable bonds is 7. The molecule has 1 N–H and O–H groups in total. The number of amides is 1. The molecule has 3 rings (SSSR count). The van der Waals surface area contributed by atoms with Crippen molar-refractivity contribution in [2.75, 3.05) is 19.5 Å². The van der Waals surface area contributed by atoms with Gasteiger partial charge in [-0.3, -0.25) is 4.79 Å². The first kappa shape index (κ1) is 18.8. The summed E-state index contributed by atoms with van der Waals surface area (Å²) in [7, 11) is 3.14. The van der Waals surface area contributed by atoms with E-state index in [9.17, 15) is 4.79 Å². The monoisotopic (exact) mass is 385 g/mol. The topological polar surface area (TPSA) is 65.4 Å². The van der Waals surface area contributed by atoms with Gasteiger partial charge in [0.1, 0.15) is 5.82 Å². The highest BCUT2D eigenvalue weighted by molar-refractivity contribution is 6.30. The molecule has 0 fully saturated rings. The molecule has 1 heterocycles. The maximum atomic E-state index is 12.4. The molecule has 0 aliphatic carbocycles. The van der Waals surface area contributed by atoms with Crippen LogP contribution in [0.25, 0.3) is 0 Å². The van der Waals surface area contributed by atoms with Crippen LogP contribution in [0.4, 0.5) is 5.82 Å². The van der Waals surface area contributed by atoms with Crippen LogP contribution < -0.4 is 14.8 Å². The summed E-state index contributed by atoms with van der Waals surface area (Å²) in [4.78, 5) is 12.4. The summed E-state index contributed by atoms with van der Waals surface area (Å²) in [6, 6.07) is 14.7. The normalized spacial score (nSPS) is 10.5. The second kappa shape index (κ2) is 8.60. The van der Waals surface area contributed by atoms with Crippen molar-refractivity contribution in [2.24, 2.45) is 0 Å². The second-order valence-electron chi connectivity index (χ2n) is 5.91. The molecule has 0 aliphatic heterocycles. The Bertz CT molecular complexity index is 922. The van der Waals surface area contributed by atoms with Gasteiger partial charge in [0.25, 0.3) is 0 Å². The van der Waals surface area contributed by atoms with E-state index >= 15 is 0 Å². The van der Waals surface area contributed by atoms with E-state index in [4.69, 9.17) is 21.1 Å². The van der Waals surface area contributed by atoms with Crippen molar-refractivity contribution in [3.63, 3.8) is 0 Å². The fourth-order valence-corrected chi connectivity index (χ4v) is 2.82. The molecular weight excluding hydrogens is 366 g/mol. The summed E-state index contributed by atoms with van der Waals surface area (Å²) in [5, 5.41) is 7.86. The van der Waals surface area contributed by atoms with Crippen LogP contribution >= 0.6 is 11.6 Å². The van der Waals surface area contributed by atoms with Crippen molar-refractivity contribution < 1.29 is 14.3 Å². The van der Waals surface area contributed by atoms with Crippen molar-refractivity contribution in [2.45, 2.75) is 13.0 Å². The van der Waals surface area contributed by atoms with Crippen LogP contribution in [0.2, 0.25) is 5.02 Å². The number of methoxy groups -OCH3 is 2. The van der Waals surface area contributed by atoms with Crippen molar-refractivity contribution in [3.05, 3.63) is 70.9 Å². The van der Waals surface area contributed by atoms with Gasteiger partial charge >= 0.3 is 0 Å². The Kier molecular flexibility index (Phi) is 5.98. The van der Waals surface area contributed by atoms with Gasteiger partial charge in [0.15, 0.2) is 11.5 Å². The average molecular weight is 386 g/mol. The van der Waals surface area contributed by atoms with Crippen LogP contribution in [0, 0.1) is 0 Å². The third kappa shape index (κ3) is 4.80. The van der Waals surface area contributed by atoms with E-state index in [1.807, 2.05) is 30.3 Å². The molecule has 3 aromatic rings. The van der Waals surface area contributed by atoms with Gasteiger partial charge in [-0.1, -0.05) is 29.8 Å². The van der Waals surface area contributed by atoms with Crippen LogP contribution in [0.1, 0.15) is 11.1 Å². The highest BCUT2D eigenvalue weighted by atomic mass is 35.5. The number of anilines is 1. The molecule has 1 amide bonds. The minimum Gasteiger partial charge on any atom is -0.493 e. The Morgan fingerprint density at radius 2 is 1.74 bits per heavy atom. The second-order valence-corrected chi connectivity index (χ2v) is 6.35. The number of carbonyl (C=O) groups excluding carboxylic acids is 1. The number of nitrogens with one attached hydrogen (secondary N) is 1. The lowest BCUT2D eigenvalue weighted by molar-refractivity contribution is -0.115. The summed E-state index contributed by atoms with van der Waals surface area (Å²) in [5.41, 5.74) is 1.87. The Labute approximate surface area is 162 Å². The molecular formula is C20H20ClN3O3. The smallest absolute Gasteiger partial charge is 0.229 e. The van der Waals surface area contributed by atoms with Crippen molar-refractivity contribution in [1.82, 2.24) is 9.78 Å². The highest BCUT2D eigenvalue weighted by Gasteiger charge is 2.11. The lowest BCUT2D eigenvalue weighted by atomic mass is 10.1. The number of hydrogen-bond acceptors (Lipinski definition) is 4. The number of nitrogens with zero attached hydrogens (tertiary/aromatic N) is 2. The van der Waals surface area contributed by atoms with Crippen LogP contribution in [0.3, 0.4) is 0 Å². The average Bonchev–Trinajstić information content (AvgIpc) is 3.10. The third-order valence-electron chi connectivity index (χ3n) is 4.04. The predicted molar refractivity (Wildman–Crippen MR) is 105 cm³/mol. The minimum absolute atomic E-state index is 0.139. The molecule has 1 aromatic heterocycles. The first-order valence-corrected chi connectivity index (χ1v) is 8.74.